The van der Waals surface area contributed by atoms with E-state index in [-0.39, 0.29) is 17.9 Å². The fourth-order valence-electron chi connectivity index (χ4n) is 5.64. The molecule has 0 saturated carbocycles. The van der Waals surface area contributed by atoms with Gasteiger partial charge in [0.2, 0.25) is 5.91 Å². The van der Waals surface area contributed by atoms with Crippen LogP contribution in [0.3, 0.4) is 0 Å². The van der Waals surface area contributed by atoms with Crippen LogP contribution in [0.4, 0.5) is 5.69 Å². The molecule has 8 atom stereocenters. The zero-order valence-corrected chi connectivity index (χ0v) is 21.7. The third-order valence-corrected chi connectivity index (χ3v) is 7.96. The minimum atomic E-state index is -1.46. The molecule has 3 aromatic carbocycles. The predicted octanol–water partition coefficient (Wildman–Crippen LogP) is 2.73. The smallest absolute Gasteiger partial charge is 0.233 e. The Bertz CT molecular complexity index is 1250. The Morgan fingerprint density at radius 1 is 0.846 bits per heavy atom. The van der Waals surface area contributed by atoms with Crippen molar-refractivity contribution in [1.82, 2.24) is 0 Å². The van der Waals surface area contributed by atoms with Crippen molar-refractivity contribution >= 4 is 11.6 Å². The van der Waals surface area contributed by atoms with Crippen LogP contribution < -0.4 is 4.90 Å². The number of amides is 1. The van der Waals surface area contributed by atoms with E-state index in [1.54, 1.807) is 17.0 Å². The minimum Gasteiger partial charge on any atom is -0.394 e. The lowest BCUT2D eigenvalue weighted by atomic mass is 9.78. The summed E-state index contributed by atoms with van der Waals surface area (Å²) in [6.07, 6.45) is -5.87. The maximum absolute atomic E-state index is 13.4. The Morgan fingerprint density at radius 3 is 2.13 bits per heavy atom. The van der Waals surface area contributed by atoms with Gasteiger partial charge in [0, 0.05) is 5.69 Å². The summed E-state index contributed by atoms with van der Waals surface area (Å²) in [4.78, 5) is 15.2. The number of carbonyl (C=O) groups excluding carboxylic acids is 1. The number of aliphatic hydroxyl groups excluding tert-OH is 5. The second-order valence-corrected chi connectivity index (χ2v) is 10.5. The van der Waals surface area contributed by atoms with E-state index in [1.165, 1.54) is 0 Å². The first-order valence-electron chi connectivity index (χ1n) is 13.3. The number of hydrogen-bond acceptors (Lipinski definition) is 7. The van der Waals surface area contributed by atoms with Crippen molar-refractivity contribution in [1.29, 1.82) is 0 Å². The Labute approximate surface area is 227 Å². The first kappa shape index (κ1) is 27.5. The van der Waals surface area contributed by atoms with E-state index in [0.29, 0.717) is 18.4 Å². The summed E-state index contributed by atoms with van der Waals surface area (Å²) in [7, 11) is 0. The van der Waals surface area contributed by atoms with Gasteiger partial charge in [0.05, 0.1) is 24.7 Å². The number of benzene rings is 3. The number of ether oxygens (including phenoxy) is 1. The van der Waals surface area contributed by atoms with E-state index in [1.807, 2.05) is 73.7 Å². The predicted molar refractivity (Wildman–Crippen MR) is 145 cm³/mol. The molecule has 3 aromatic rings. The van der Waals surface area contributed by atoms with E-state index in [4.69, 9.17) is 4.74 Å². The Kier molecular flexibility index (Phi) is 8.13. The summed E-state index contributed by atoms with van der Waals surface area (Å²) in [6, 6.07) is 24.2. The quantitative estimate of drug-likeness (QED) is 0.282. The van der Waals surface area contributed by atoms with Crippen LogP contribution in [-0.4, -0.2) is 62.5 Å². The molecule has 0 unspecified atom stereocenters. The standard InChI is InChI=1S/C31H35NO7/c1-18-7-13-22(14-8-18)32-26(23(31(32)38)15-16-24(34)19-5-3-2-4-6-19)20-9-11-21(12-10-20)30-29(37)28(36)27(35)25(17-33)39-30/h2-14,23-30,33-37H,15-17H2,1H3/t23-,24+,25-,26-,27-,28+,29-,30+/m1/s1. The second-order valence-electron chi connectivity index (χ2n) is 10.5. The molecule has 0 aliphatic carbocycles. The third kappa shape index (κ3) is 5.36. The first-order chi connectivity index (χ1) is 18.8. The number of hydrogen-bond donors (Lipinski definition) is 5. The average molecular weight is 534 g/mol. The molecule has 2 aliphatic heterocycles. The highest BCUT2D eigenvalue weighted by molar-refractivity contribution is 6.03. The minimum absolute atomic E-state index is 0.00197. The summed E-state index contributed by atoms with van der Waals surface area (Å²) in [5.74, 6) is -0.315. The molecule has 39 heavy (non-hydrogen) atoms. The topological polar surface area (TPSA) is 131 Å². The van der Waals surface area contributed by atoms with Crippen molar-refractivity contribution in [2.45, 2.75) is 62.4 Å². The molecule has 0 bridgehead atoms. The fourth-order valence-corrected chi connectivity index (χ4v) is 5.64. The zero-order valence-electron chi connectivity index (χ0n) is 21.7. The van der Waals surface area contributed by atoms with Crippen LogP contribution in [0.1, 0.15) is 53.3 Å². The molecule has 2 heterocycles. The first-order valence-corrected chi connectivity index (χ1v) is 13.3. The van der Waals surface area contributed by atoms with Crippen LogP contribution in [0.15, 0.2) is 78.9 Å². The third-order valence-electron chi connectivity index (χ3n) is 7.96. The molecule has 0 aromatic heterocycles. The largest absolute Gasteiger partial charge is 0.394 e. The number of nitrogens with zero attached hydrogens (tertiary/aromatic N) is 1. The molecular formula is C31H35NO7. The molecule has 2 saturated heterocycles. The van der Waals surface area contributed by atoms with Gasteiger partial charge in [-0.25, -0.2) is 0 Å². The molecule has 0 spiro atoms. The molecule has 1 amide bonds. The number of rotatable bonds is 8. The molecule has 2 fully saturated rings. The van der Waals surface area contributed by atoms with Gasteiger partial charge < -0.3 is 35.2 Å². The highest BCUT2D eigenvalue weighted by Crippen LogP contribution is 2.46. The number of aryl methyl sites for hydroxylation is 1. The van der Waals surface area contributed by atoms with Gasteiger partial charge in [0.25, 0.3) is 0 Å². The summed E-state index contributed by atoms with van der Waals surface area (Å²) in [6.45, 7) is 1.50. The highest BCUT2D eigenvalue weighted by Gasteiger charge is 2.49. The molecular weight excluding hydrogens is 498 g/mol. The summed E-state index contributed by atoms with van der Waals surface area (Å²) in [5, 5.41) is 51.1. The van der Waals surface area contributed by atoms with Crippen LogP contribution in [0.5, 0.6) is 0 Å². The Morgan fingerprint density at radius 2 is 1.49 bits per heavy atom. The van der Waals surface area contributed by atoms with Crippen LogP contribution in [-0.2, 0) is 9.53 Å². The maximum Gasteiger partial charge on any atom is 0.233 e. The number of carbonyl (C=O) groups is 1. The van der Waals surface area contributed by atoms with Crippen molar-refractivity contribution in [2.75, 3.05) is 11.5 Å². The van der Waals surface area contributed by atoms with E-state index < -0.39 is 43.2 Å². The van der Waals surface area contributed by atoms with Crippen molar-refractivity contribution in [3.8, 4) is 0 Å². The van der Waals surface area contributed by atoms with E-state index >= 15 is 0 Å². The van der Waals surface area contributed by atoms with Crippen molar-refractivity contribution in [2.24, 2.45) is 5.92 Å². The van der Waals surface area contributed by atoms with E-state index in [9.17, 15) is 30.3 Å². The molecule has 5 rings (SSSR count). The Hall–Kier alpha value is -3.11. The second kappa shape index (κ2) is 11.6. The van der Waals surface area contributed by atoms with Gasteiger partial charge in [0.15, 0.2) is 0 Å². The van der Waals surface area contributed by atoms with Gasteiger partial charge in [-0.15, -0.1) is 0 Å². The summed E-state index contributed by atoms with van der Waals surface area (Å²) >= 11 is 0. The lowest BCUT2D eigenvalue weighted by molar-refractivity contribution is -0.231. The number of anilines is 1. The molecule has 2 aliphatic rings. The van der Waals surface area contributed by atoms with Crippen molar-refractivity contribution in [3.63, 3.8) is 0 Å². The normalized spacial score (nSPS) is 29.6. The van der Waals surface area contributed by atoms with Crippen molar-refractivity contribution in [3.05, 3.63) is 101 Å². The van der Waals surface area contributed by atoms with Gasteiger partial charge >= 0.3 is 0 Å². The van der Waals surface area contributed by atoms with Crippen LogP contribution in [0.25, 0.3) is 0 Å². The number of β-lactam (4-membered cyclic amide) rings is 1. The van der Waals surface area contributed by atoms with Crippen molar-refractivity contribution < 1.29 is 35.1 Å². The van der Waals surface area contributed by atoms with E-state index in [0.717, 1.165) is 22.4 Å². The van der Waals surface area contributed by atoms with Gasteiger partial charge in [-0.05, 0) is 48.6 Å². The lowest BCUT2D eigenvalue weighted by Crippen LogP contribution is -2.55. The van der Waals surface area contributed by atoms with Crippen LogP contribution in [0.2, 0.25) is 0 Å². The highest BCUT2D eigenvalue weighted by atomic mass is 16.5. The summed E-state index contributed by atoms with van der Waals surface area (Å²) < 4.78 is 5.70. The zero-order chi connectivity index (χ0) is 27.7. The maximum atomic E-state index is 13.4. The Balaban J connectivity index is 1.38. The van der Waals surface area contributed by atoms with E-state index in [2.05, 4.69) is 0 Å². The average Bonchev–Trinajstić information content (AvgIpc) is 2.96. The molecule has 8 nitrogen and oxygen atoms in total. The van der Waals surface area contributed by atoms with Crippen LogP contribution in [0, 0.1) is 12.8 Å². The van der Waals surface area contributed by atoms with Gasteiger partial charge in [-0.2, -0.15) is 0 Å². The van der Waals surface area contributed by atoms with Gasteiger partial charge in [-0.3, -0.25) is 4.79 Å². The fraction of sp³-hybridized carbons (Fsp3) is 0.387. The number of aliphatic hydroxyl groups is 5. The molecule has 206 valence electrons. The molecule has 8 heteroatoms. The monoisotopic (exact) mass is 533 g/mol. The van der Waals surface area contributed by atoms with Crippen LogP contribution >= 0.6 is 0 Å². The molecule has 0 radical (unpaired) electrons. The van der Waals surface area contributed by atoms with Gasteiger partial charge in [0.1, 0.15) is 30.5 Å². The SMILES string of the molecule is Cc1ccc(N2C(=O)[C@H](CC[C@H](O)c3ccccc3)[C@H]2c2ccc([C@@H]3O[C@H](CO)[C@@H](O)[C@H](O)[C@H]3O)cc2)cc1. The van der Waals surface area contributed by atoms with Gasteiger partial charge in [-0.1, -0.05) is 72.3 Å². The molecule has 5 N–H and O–H groups in total. The summed E-state index contributed by atoms with van der Waals surface area (Å²) in [5.41, 5.74) is 4.19. The lowest BCUT2D eigenvalue weighted by Gasteiger charge is -2.48.